The molecule has 26 heavy (non-hydrogen) atoms. The van der Waals surface area contributed by atoms with Crippen LogP contribution in [0, 0.1) is 27.7 Å². The Bertz CT molecular complexity index is 821. The number of carbonyl (C=O) groups excluding carboxylic acids is 2. The van der Waals surface area contributed by atoms with E-state index in [-0.39, 0.29) is 12.5 Å². The van der Waals surface area contributed by atoms with E-state index in [1.165, 1.54) is 5.56 Å². The SMILES string of the molecule is CCn1c(C)cc(C(=O)OCC(=O)N(C)Cc2ccc(C)cc2C)c1C. The predicted molar refractivity (Wildman–Crippen MR) is 102 cm³/mol. The van der Waals surface area contributed by atoms with Crippen molar-refractivity contribution >= 4 is 11.9 Å². The molecular weight excluding hydrogens is 328 g/mol. The van der Waals surface area contributed by atoms with Gasteiger partial charge in [-0.15, -0.1) is 0 Å². The zero-order valence-corrected chi connectivity index (χ0v) is 16.5. The van der Waals surface area contributed by atoms with Gasteiger partial charge in [-0.3, -0.25) is 4.79 Å². The van der Waals surface area contributed by atoms with Gasteiger partial charge in [0.15, 0.2) is 6.61 Å². The summed E-state index contributed by atoms with van der Waals surface area (Å²) < 4.78 is 7.29. The molecule has 0 aliphatic rings. The second-order valence-electron chi connectivity index (χ2n) is 6.78. The molecule has 0 aliphatic carbocycles. The van der Waals surface area contributed by atoms with Crippen molar-refractivity contribution in [2.75, 3.05) is 13.7 Å². The van der Waals surface area contributed by atoms with Crippen molar-refractivity contribution in [1.82, 2.24) is 9.47 Å². The van der Waals surface area contributed by atoms with Gasteiger partial charge in [0.1, 0.15) is 0 Å². The number of hydrogen-bond donors (Lipinski definition) is 0. The Morgan fingerprint density at radius 3 is 2.38 bits per heavy atom. The first-order valence-corrected chi connectivity index (χ1v) is 8.88. The summed E-state index contributed by atoms with van der Waals surface area (Å²) in [5.74, 6) is -0.673. The number of aromatic nitrogens is 1. The molecule has 1 heterocycles. The van der Waals surface area contributed by atoms with E-state index in [1.54, 1.807) is 11.9 Å². The summed E-state index contributed by atoms with van der Waals surface area (Å²) in [5, 5.41) is 0. The van der Waals surface area contributed by atoms with Gasteiger partial charge in [0.25, 0.3) is 5.91 Å². The Morgan fingerprint density at radius 1 is 1.12 bits per heavy atom. The number of aryl methyl sites for hydroxylation is 3. The molecule has 5 heteroatoms. The quantitative estimate of drug-likeness (QED) is 0.744. The summed E-state index contributed by atoms with van der Waals surface area (Å²) >= 11 is 0. The topological polar surface area (TPSA) is 51.5 Å². The standard InChI is InChI=1S/C21H28N2O3/c1-7-23-16(4)11-19(17(23)5)21(25)26-13-20(24)22(6)12-18-9-8-14(2)10-15(18)3/h8-11H,7,12-13H2,1-6H3. The average Bonchev–Trinajstić information content (AvgIpc) is 2.88. The molecule has 0 saturated heterocycles. The van der Waals surface area contributed by atoms with E-state index in [9.17, 15) is 9.59 Å². The first-order chi connectivity index (χ1) is 12.2. The van der Waals surface area contributed by atoms with Crippen LogP contribution >= 0.6 is 0 Å². The van der Waals surface area contributed by atoms with Crippen molar-refractivity contribution in [3.8, 4) is 0 Å². The van der Waals surface area contributed by atoms with Crippen molar-refractivity contribution < 1.29 is 14.3 Å². The number of amides is 1. The smallest absolute Gasteiger partial charge is 0.340 e. The first kappa shape index (κ1) is 19.8. The Balaban J connectivity index is 1.96. The number of nitrogens with zero attached hydrogens (tertiary/aromatic N) is 2. The molecule has 1 amide bonds. The van der Waals surface area contributed by atoms with Gasteiger partial charge in [-0.1, -0.05) is 23.8 Å². The largest absolute Gasteiger partial charge is 0.452 e. The number of esters is 1. The van der Waals surface area contributed by atoms with E-state index in [4.69, 9.17) is 4.74 Å². The van der Waals surface area contributed by atoms with Crippen LogP contribution < -0.4 is 0 Å². The zero-order chi connectivity index (χ0) is 19.4. The molecule has 5 nitrogen and oxygen atoms in total. The highest BCUT2D eigenvalue weighted by atomic mass is 16.5. The molecular formula is C21H28N2O3. The Morgan fingerprint density at radius 2 is 1.81 bits per heavy atom. The molecule has 2 aromatic rings. The number of hydrogen-bond acceptors (Lipinski definition) is 3. The molecule has 0 saturated carbocycles. The maximum atomic E-state index is 12.3. The van der Waals surface area contributed by atoms with Gasteiger partial charge in [-0.05, 0) is 51.8 Å². The molecule has 0 radical (unpaired) electrons. The Hall–Kier alpha value is -2.56. The lowest BCUT2D eigenvalue weighted by Crippen LogP contribution is -2.31. The molecule has 0 unspecified atom stereocenters. The van der Waals surface area contributed by atoms with Crippen LogP contribution in [0.25, 0.3) is 0 Å². The Kier molecular flexibility index (Phi) is 6.24. The minimum Gasteiger partial charge on any atom is -0.452 e. The monoisotopic (exact) mass is 356 g/mol. The van der Waals surface area contributed by atoms with E-state index >= 15 is 0 Å². The molecule has 0 atom stereocenters. The lowest BCUT2D eigenvalue weighted by atomic mass is 10.1. The Labute approximate surface area is 155 Å². The highest BCUT2D eigenvalue weighted by Crippen LogP contribution is 2.16. The van der Waals surface area contributed by atoms with Gasteiger partial charge >= 0.3 is 5.97 Å². The molecule has 0 bridgehead atoms. The zero-order valence-electron chi connectivity index (χ0n) is 16.5. The fraction of sp³-hybridized carbons (Fsp3) is 0.429. The maximum absolute atomic E-state index is 12.3. The summed E-state index contributed by atoms with van der Waals surface area (Å²) in [6, 6.07) is 7.96. The van der Waals surface area contributed by atoms with Crippen LogP contribution in [0.2, 0.25) is 0 Å². The van der Waals surface area contributed by atoms with Crippen LogP contribution in [0.4, 0.5) is 0 Å². The average molecular weight is 356 g/mol. The van der Waals surface area contributed by atoms with Crippen LogP contribution in [0.3, 0.4) is 0 Å². The third-order valence-electron chi connectivity index (χ3n) is 4.77. The molecule has 0 N–H and O–H groups in total. The molecule has 140 valence electrons. The summed E-state index contributed by atoms with van der Waals surface area (Å²) in [7, 11) is 1.72. The molecule has 0 spiro atoms. The van der Waals surface area contributed by atoms with E-state index in [1.807, 2.05) is 57.4 Å². The van der Waals surface area contributed by atoms with E-state index in [0.717, 1.165) is 29.1 Å². The minimum atomic E-state index is -0.453. The van der Waals surface area contributed by atoms with E-state index in [2.05, 4.69) is 6.07 Å². The highest BCUT2D eigenvalue weighted by Gasteiger charge is 2.19. The summed E-state index contributed by atoms with van der Waals surface area (Å²) in [6.45, 7) is 11.0. The molecule has 1 aromatic heterocycles. The number of likely N-dealkylation sites (N-methyl/N-ethyl adjacent to an activating group) is 1. The fourth-order valence-corrected chi connectivity index (χ4v) is 3.18. The van der Waals surface area contributed by atoms with Crippen LogP contribution in [0.1, 0.15) is 45.4 Å². The van der Waals surface area contributed by atoms with Gasteiger partial charge in [-0.25, -0.2) is 4.79 Å². The van der Waals surface area contributed by atoms with E-state index < -0.39 is 5.97 Å². The molecule has 0 aliphatic heterocycles. The van der Waals surface area contributed by atoms with Gasteiger partial charge in [-0.2, -0.15) is 0 Å². The highest BCUT2D eigenvalue weighted by molar-refractivity contribution is 5.92. The van der Waals surface area contributed by atoms with Crippen molar-refractivity contribution in [3.63, 3.8) is 0 Å². The molecule has 1 aromatic carbocycles. The normalized spacial score (nSPS) is 10.7. The van der Waals surface area contributed by atoms with Crippen molar-refractivity contribution in [3.05, 3.63) is 57.9 Å². The number of benzene rings is 1. The minimum absolute atomic E-state index is 0.220. The second-order valence-corrected chi connectivity index (χ2v) is 6.78. The number of ether oxygens (including phenoxy) is 1. The lowest BCUT2D eigenvalue weighted by Gasteiger charge is -2.18. The van der Waals surface area contributed by atoms with Crippen LogP contribution in [0.5, 0.6) is 0 Å². The van der Waals surface area contributed by atoms with E-state index in [0.29, 0.717) is 12.1 Å². The van der Waals surface area contributed by atoms with Crippen molar-refractivity contribution in [2.45, 2.75) is 47.7 Å². The second kappa shape index (κ2) is 8.21. The predicted octanol–water partition coefficient (Wildman–Crippen LogP) is 3.56. The van der Waals surface area contributed by atoms with Gasteiger partial charge in [0.2, 0.25) is 0 Å². The third-order valence-corrected chi connectivity index (χ3v) is 4.77. The first-order valence-electron chi connectivity index (χ1n) is 8.88. The van der Waals surface area contributed by atoms with Crippen LogP contribution in [-0.4, -0.2) is 35.0 Å². The third kappa shape index (κ3) is 4.34. The van der Waals surface area contributed by atoms with Gasteiger partial charge < -0.3 is 14.2 Å². The number of carbonyl (C=O) groups is 2. The summed E-state index contributed by atoms with van der Waals surface area (Å²) in [6.07, 6.45) is 0. The lowest BCUT2D eigenvalue weighted by molar-refractivity contribution is -0.133. The molecule has 0 fully saturated rings. The van der Waals surface area contributed by atoms with Crippen LogP contribution in [-0.2, 0) is 22.6 Å². The van der Waals surface area contributed by atoms with Crippen molar-refractivity contribution in [1.29, 1.82) is 0 Å². The number of rotatable bonds is 6. The summed E-state index contributed by atoms with van der Waals surface area (Å²) in [5.41, 5.74) is 5.83. The van der Waals surface area contributed by atoms with Gasteiger partial charge in [0, 0.05) is 31.5 Å². The van der Waals surface area contributed by atoms with Crippen molar-refractivity contribution in [2.24, 2.45) is 0 Å². The summed E-state index contributed by atoms with van der Waals surface area (Å²) in [4.78, 5) is 26.2. The van der Waals surface area contributed by atoms with Crippen LogP contribution in [0.15, 0.2) is 24.3 Å². The van der Waals surface area contributed by atoms with Gasteiger partial charge in [0.05, 0.1) is 5.56 Å². The maximum Gasteiger partial charge on any atom is 0.340 e. The molecule has 2 rings (SSSR count). The fourth-order valence-electron chi connectivity index (χ4n) is 3.18.